The van der Waals surface area contributed by atoms with Crippen molar-refractivity contribution in [3.05, 3.63) is 41.0 Å². The number of hydrogen-bond donors (Lipinski definition) is 7. The number of benzene rings is 2. The zero-order valence-corrected chi connectivity index (χ0v) is 27.2. The molecule has 3 saturated heterocycles. The standard InChI is InChI=1S/C29H36N3O16P/c1-10-44-24-20(33)21(34)27(46-25(24)29(31,32)47-10)45-22-12-6-15-16(43-9-42-15)7-14(12)28(30,19-13(22)8-41-26(19)35)11-4-17(39-2)23(18(5-11)40-3)48-49(36,37)38/h4-7,10,13,19-22,24-25,27,33-34H,8-9,30-32H2,1-3H3,(H2,36,37,38). The van der Waals surface area contributed by atoms with E-state index in [0.29, 0.717) is 22.6 Å². The first kappa shape index (κ1) is 34.2. The molecule has 0 bridgehead atoms. The van der Waals surface area contributed by atoms with Crippen molar-refractivity contribution in [3.8, 4) is 28.7 Å². The molecule has 1 aliphatic carbocycles. The maximum Gasteiger partial charge on any atom is 0.525 e. The Hall–Kier alpha value is -3.30. The van der Waals surface area contributed by atoms with Crippen LogP contribution in [0.25, 0.3) is 0 Å². The topological polar surface area (TPSA) is 285 Å². The number of fused-ring (bicyclic) bond motifs is 4. The Kier molecular flexibility index (Phi) is 8.30. The van der Waals surface area contributed by atoms with Gasteiger partial charge in [-0.1, -0.05) is 0 Å². The van der Waals surface area contributed by atoms with Crippen LogP contribution < -0.4 is 40.7 Å². The molecule has 4 aliphatic heterocycles. The van der Waals surface area contributed by atoms with Gasteiger partial charge in [0.05, 0.1) is 38.4 Å². The van der Waals surface area contributed by atoms with Crippen LogP contribution in [-0.2, 0) is 38.6 Å². The third-order valence-electron chi connectivity index (χ3n) is 9.41. The van der Waals surface area contributed by atoms with E-state index in [1.54, 1.807) is 12.1 Å². The third-order valence-corrected chi connectivity index (χ3v) is 9.83. The van der Waals surface area contributed by atoms with Gasteiger partial charge < -0.3 is 63.1 Å². The van der Waals surface area contributed by atoms with Crippen molar-refractivity contribution in [2.24, 2.45) is 29.0 Å². The molecule has 268 valence electrons. The van der Waals surface area contributed by atoms with Gasteiger partial charge in [0, 0.05) is 5.92 Å². The highest BCUT2D eigenvalue weighted by atomic mass is 31.2. The Bertz CT molecular complexity index is 1680. The summed E-state index contributed by atoms with van der Waals surface area (Å²) in [6, 6.07) is 5.92. The van der Waals surface area contributed by atoms with E-state index in [2.05, 4.69) is 0 Å². The normalized spacial score (nSPS) is 35.9. The molecule has 0 aromatic heterocycles. The van der Waals surface area contributed by atoms with Crippen LogP contribution in [0, 0.1) is 11.8 Å². The number of esters is 1. The summed E-state index contributed by atoms with van der Waals surface area (Å²) in [5.74, 6) is -4.76. The van der Waals surface area contributed by atoms with Crippen molar-refractivity contribution in [1.82, 2.24) is 0 Å². The number of aliphatic hydroxyl groups is 2. The highest BCUT2D eigenvalue weighted by molar-refractivity contribution is 7.46. The van der Waals surface area contributed by atoms with E-state index in [1.165, 1.54) is 33.3 Å². The fourth-order valence-electron chi connectivity index (χ4n) is 7.32. The minimum Gasteiger partial charge on any atom is -0.493 e. The Morgan fingerprint density at radius 1 is 0.939 bits per heavy atom. The largest absolute Gasteiger partial charge is 0.525 e. The molecule has 10 atom stereocenters. The van der Waals surface area contributed by atoms with Crippen LogP contribution in [0.4, 0.5) is 0 Å². The lowest BCUT2D eigenvalue weighted by atomic mass is 9.61. The van der Waals surface area contributed by atoms with Crippen molar-refractivity contribution in [1.29, 1.82) is 0 Å². The predicted molar refractivity (Wildman–Crippen MR) is 159 cm³/mol. The second-order valence-corrected chi connectivity index (χ2v) is 13.5. The van der Waals surface area contributed by atoms with Crippen molar-refractivity contribution in [2.75, 3.05) is 27.6 Å². The van der Waals surface area contributed by atoms with Gasteiger partial charge in [-0.25, -0.2) is 4.57 Å². The number of carbonyl (C=O) groups excluding carboxylic acids is 1. The highest BCUT2D eigenvalue weighted by Gasteiger charge is 2.62. The van der Waals surface area contributed by atoms with Crippen LogP contribution in [0.2, 0.25) is 0 Å². The second-order valence-electron chi connectivity index (χ2n) is 12.3. The summed E-state index contributed by atoms with van der Waals surface area (Å²) < 4.78 is 67.9. The number of rotatable bonds is 7. The Labute approximate surface area is 278 Å². The number of carbonyl (C=O) groups is 1. The predicted octanol–water partition coefficient (Wildman–Crippen LogP) is -1.25. The van der Waals surface area contributed by atoms with E-state index >= 15 is 0 Å². The van der Waals surface area contributed by atoms with E-state index in [-0.39, 0.29) is 30.5 Å². The van der Waals surface area contributed by atoms with Gasteiger partial charge in [0.25, 0.3) is 0 Å². The molecule has 19 nitrogen and oxygen atoms in total. The lowest BCUT2D eigenvalue weighted by Crippen LogP contribution is -2.76. The zero-order chi connectivity index (χ0) is 35.2. The van der Waals surface area contributed by atoms with E-state index in [4.69, 9.17) is 64.4 Å². The lowest BCUT2D eigenvalue weighted by Gasteiger charge is -2.52. The summed E-state index contributed by atoms with van der Waals surface area (Å²) in [6.45, 7) is 1.22. The van der Waals surface area contributed by atoms with Crippen LogP contribution in [-0.4, -0.2) is 96.4 Å². The van der Waals surface area contributed by atoms with Gasteiger partial charge in [0.1, 0.15) is 24.4 Å². The molecule has 49 heavy (non-hydrogen) atoms. The molecule has 7 rings (SSSR count). The second kappa shape index (κ2) is 11.9. The van der Waals surface area contributed by atoms with Crippen LogP contribution in [0.5, 0.6) is 28.7 Å². The molecular weight excluding hydrogens is 677 g/mol. The molecule has 0 saturated carbocycles. The monoisotopic (exact) mass is 713 g/mol. The van der Waals surface area contributed by atoms with Crippen molar-refractivity contribution < 1.29 is 76.5 Å². The first-order valence-electron chi connectivity index (χ1n) is 15.1. The van der Waals surface area contributed by atoms with Crippen molar-refractivity contribution >= 4 is 13.8 Å². The SMILES string of the molecule is COc1cc(C2(N)c3cc4c(cc3C(OC3OC5C(OC(C)OC5(N)N)C(O)C3O)C3COC(=O)C32)OCO4)cc(OC)c1OP(=O)(O)O. The number of phosphoric acid groups is 1. The zero-order valence-electron chi connectivity index (χ0n) is 26.3. The number of ether oxygens (including phenoxy) is 9. The molecule has 20 heteroatoms. The molecular formula is C29H36N3O16P. The molecule has 2 aromatic rings. The van der Waals surface area contributed by atoms with Gasteiger partial charge in [-0.3, -0.25) is 26.0 Å². The quantitative estimate of drug-likeness (QED) is 0.100. The molecule has 10 N–H and O–H groups in total. The third kappa shape index (κ3) is 5.50. The molecule has 3 fully saturated rings. The van der Waals surface area contributed by atoms with Crippen LogP contribution in [0.3, 0.4) is 0 Å². The average Bonchev–Trinajstić information content (AvgIpc) is 3.66. The van der Waals surface area contributed by atoms with Crippen LogP contribution in [0.1, 0.15) is 29.7 Å². The summed E-state index contributed by atoms with van der Waals surface area (Å²) in [6.07, 6.45) is -9.26. The molecule has 5 aliphatic rings. The van der Waals surface area contributed by atoms with E-state index in [0.717, 1.165) is 0 Å². The molecule has 0 spiro atoms. The minimum absolute atomic E-state index is 0.112. The van der Waals surface area contributed by atoms with Gasteiger partial charge in [0.2, 0.25) is 18.4 Å². The molecule has 4 heterocycles. The van der Waals surface area contributed by atoms with Gasteiger partial charge in [0.15, 0.2) is 35.6 Å². The number of phosphoric ester groups is 1. The molecule has 0 amide bonds. The first-order chi connectivity index (χ1) is 23.1. The van der Waals surface area contributed by atoms with Crippen LogP contribution in [0.15, 0.2) is 24.3 Å². The van der Waals surface area contributed by atoms with Crippen molar-refractivity contribution in [2.45, 2.75) is 61.4 Å². The first-order valence-corrected chi connectivity index (χ1v) is 16.6. The van der Waals surface area contributed by atoms with Gasteiger partial charge in [-0.05, 0) is 47.9 Å². The fraction of sp³-hybridized carbons (Fsp3) is 0.552. The highest BCUT2D eigenvalue weighted by Crippen LogP contribution is 2.58. The number of hydrogen-bond acceptors (Lipinski definition) is 17. The Balaban J connectivity index is 1.36. The van der Waals surface area contributed by atoms with Gasteiger partial charge in [-0.2, -0.15) is 0 Å². The Morgan fingerprint density at radius 3 is 2.22 bits per heavy atom. The summed E-state index contributed by atoms with van der Waals surface area (Å²) in [4.78, 5) is 32.8. The summed E-state index contributed by atoms with van der Waals surface area (Å²) in [5, 5.41) is 22.3. The number of methoxy groups -OCH3 is 2. The number of cyclic esters (lactones) is 1. The smallest absolute Gasteiger partial charge is 0.493 e. The maximum atomic E-state index is 13.7. The number of nitrogens with two attached hydrogens (primary N) is 3. The Morgan fingerprint density at radius 2 is 1.59 bits per heavy atom. The lowest BCUT2D eigenvalue weighted by molar-refractivity contribution is -0.402. The van der Waals surface area contributed by atoms with Crippen molar-refractivity contribution in [3.63, 3.8) is 0 Å². The molecule has 0 radical (unpaired) electrons. The molecule has 10 unspecified atom stereocenters. The number of aliphatic hydroxyl groups excluding tert-OH is 2. The maximum absolute atomic E-state index is 13.7. The fourth-order valence-corrected chi connectivity index (χ4v) is 7.74. The molecule has 2 aromatic carbocycles. The van der Waals surface area contributed by atoms with Gasteiger partial charge in [-0.15, -0.1) is 0 Å². The minimum atomic E-state index is -5.07. The summed E-state index contributed by atoms with van der Waals surface area (Å²) in [7, 11) is -2.59. The van der Waals surface area contributed by atoms with E-state index < -0.39 is 85.9 Å². The van der Waals surface area contributed by atoms with E-state index in [9.17, 15) is 29.4 Å². The van der Waals surface area contributed by atoms with Gasteiger partial charge >= 0.3 is 13.8 Å². The summed E-state index contributed by atoms with van der Waals surface area (Å²) >= 11 is 0. The average molecular weight is 714 g/mol. The summed E-state index contributed by atoms with van der Waals surface area (Å²) in [5.41, 5.74) is 18.8. The van der Waals surface area contributed by atoms with E-state index in [1.807, 2.05) is 0 Å². The van der Waals surface area contributed by atoms with Crippen LogP contribution >= 0.6 is 7.82 Å².